The lowest BCUT2D eigenvalue weighted by Gasteiger charge is -2.33. The molecule has 0 radical (unpaired) electrons. The molecule has 1 unspecified atom stereocenters. The van der Waals surface area contributed by atoms with Gasteiger partial charge in [0, 0.05) is 30.8 Å². The minimum Gasteiger partial charge on any atom is -0.355 e. The van der Waals surface area contributed by atoms with Crippen LogP contribution in [0.2, 0.25) is 0 Å². The molecule has 144 valence electrons. The molecule has 1 fully saturated rings. The van der Waals surface area contributed by atoms with E-state index in [0.717, 1.165) is 60.0 Å². The summed E-state index contributed by atoms with van der Waals surface area (Å²) in [5.41, 5.74) is 4.49. The molecule has 0 saturated carbocycles. The number of hydrogen-bond donors (Lipinski definition) is 1. The number of fused-ring (bicyclic) bond motifs is 1. The van der Waals surface area contributed by atoms with E-state index in [0.29, 0.717) is 6.54 Å². The maximum Gasteiger partial charge on any atom is 0.168 e. The Morgan fingerprint density at radius 2 is 1.93 bits per heavy atom. The number of carbonyl (C=O) groups is 1. The highest BCUT2D eigenvalue weighted by molar-refractivity contribution is 6.11. The van der Waals surface area contributed by atoms with Gasteiger partial charge in [0.1, 0.15) is 17.8 Å². The first kappa shape index (κ1) is 16.7. The minimum atomic E-state index is -0.00818. The third-order valence-electron chi connectivity index (χ3n) is 6.57. The number of hydrogen-bond acceptors (Lipinski definition) is 4. The Labute approximate surface area is 168 Å². The Morgan fingerprint density at radius 3 is 2.86 bits per heavy atom. The summed E-state index contributed by atoms with van der Waals surface area (Å²) in [4.78, 5) is 27.8. The molecule has 2 aromatic carbocycles. The summed E-state index contributed by atoms with van der Waals surface area (Å²) >= 11 is 0. The third-order valence-corrected chi connectivity index (χ3v) is 6.57. The van der Waals surface area contributed by atoms with Crippen molar-refractivity contribution >= 4 is 33.4 Å². The highest BCUT2D eigenvalue weighted by atomic mass is 16.1. The molecule has 29 heavy (non-hydrogen) atoms. The highest BCUT2D eigenvalue weighted by Crippen LogP contribution is 2.35. The first-order valence-corrected chi connectivity index (χ1v) is 10.4. The monoisotopic (exact) mass is 382 g/mol. The smallest absolute Gasteiger partial charge is 0.168 e. The van der Waals surface area contributed by atoms with Crippen LogP contribution in [0.1, 0.15) is 34.3 Å². The average molecular weight is 382 g/mol. The van der Waals surface area contributed by atoms with E-state index in [1.165, 1.54) is 16.5 Å². The summed E-state index contributed by atoms with van der Waals surface area (Å²) in [6.07, 6.45) is 7.59. The van der Waals surface area contributed by atoms with Gasteiger partial charge in [-0.25, -0.2) is 9.97 Å². The number of rotatable bonds is 3. The molecule has 0 amide bonds. The van der Waals surface area contributed by atoms with E-state index in [2.05, 4.69) is 50.2 Å². The van der Waals surface area contributed by atoms with E-state index >= 15 is 0 Å². The van der Waals surface area contributed by atoms with Crippen LogP contribution in [0.3, 0.4) is 0 Å². The maximum atomic E-state index is 13.6. The van der Waals surface area contributed by atoms with Gasteiger partial charge in [0.15, 0.2) is 5.78 Å². The molecule has 4 aromatic rings. The largest absolute Gasteiger partial charge is 0.355 e. The zero-order chi connectivity index (χ0) is 19.4. The second-order valence-electron chi connectivity index (χ2n) is 8.20. The van der Waals surface area contributed by atoms with Crippen molar-refractivity contribution in [2.45, 2.75) is 25.7 Å². The Kier molecular flexibility index (Phi) is 3.69. The summed E-state index contributed by atoms with van der Waals surface area (Å²) < 4.78 is 0. The predicted octanol–water partition coefficient (Wildman–Crippen LogP) is 4.31. The quantitative estimate of drug-likeness (QED) is 0.537. The van der Waals surface area contributed by atoms with Crippen molar-refractivity contribution in [2.24, 2.45) is 5.92 Å². The van der Waals surface area contributed by atoms with Gasteiger partial charge in [-0.2, -0.15) is 0 Å². The first-order chi connectivity index (χ1) is 14.3. The Bertz CT molecular complexity index is 1250. The number of aromatic amines is 1. The molecule has 2 aromatic heterocycles. The fraction of sp³-hybridized carbons (Fsp3) is 0.292. The normalized spacial score (nSPS) is 18.6. The minimum absolute atomic E-state index is 0.00818. The molecule has 1 aliphatic heterocycles. The second-order valence-corrected chi connectivity index (χ2v) is 8.20. The van der Waals surface area contributed by atoms with Crippen LogP contribution in [0.5, 0.6) is 0 Å². The topological polar surface area (TPSA) is 61.9 Å². The lowest BCUT2D eigenvalue weighted by Crippen LogP contribution is -2.39. The van der Waals surface area contributed by atoms with Crippen LogP contribution in [0.15, 0.2) is 48.9 Å². The van der Waals surface area contributed by atoms with Crippen LogP contribution in [-0.2, 0) is 12.8 Å². The molecule has 0 spiro atoms. The lowest BCUT2D eigenvalue weighted by atomic mass is 9.87. The molecule has 3 heterocycles. The standard InChI is InChI=1S/C24H22N4O/c29-22(19-9-8-16-7-6-15-3-1-5-18(19)21(15)16)17-4-2-12-28(13-17)24-20-10-11-25-23(20)26-14-27-24/h1,3,5,8-11,14,17H,2,4,6-7,12-13H2,(H,25,26,27). The summed E-state index contributed by atoms with van der Waals surface area (Å²) in [7, 11) is 0. The molecule has 0 bridgehead atoms. The number of benzene rings is 2. The van der Waals surface area contributed by atoms with Crippen LogP contribution in [0.25, 0.3) is 21.8 Å². The molecule has 2 aliphatic rings. The van der Waals surface area contributed by atoms with Crippen molar-refractivity contribution in [1.29, 1.82) is 0 Å². The molecular weight excluding hydrogens is 360 g/mol. The van der Waals surface area contributed by atoms with Gasteiger partial charge in [-0.05, 0) is 53.6 Å². The fourth-order valence-electron chi connectivity index (χ4n) is 5.18. The maximum absolute atomic E-state index is 13.6. The highest BCUT2D eigenvalue weighted by Gasteiger charge is 2.30. The van der Waals surface area contributed by atoms with E-state index in [-0.39, 0.29) is 11.7 Å². The van der Waals surface area contributed by atoms with Crippen LogP contribution >= 0.6 is 0 Å². The molecule has 1 atom stereocenters. The van der Waals surface area contributed by atoms with Gasteiger partial charge in [0.25, 0.3) is 0 Å². The Balaban J connectivity index is 1.35. The Hall–Kier alpha value is -3.21. The number of Topliss-reactive ketones (excluding diaryl/α,β-unsaturated/α-hetero) is 1. The molecule has 1 saturated heterocycles. The van der Waals surface area contributed by atoms with Crippen LogP contribution in [0.4, 0.5) is 5.82 Å². The summed E-state index contributed by atoms with van der Waals surface area (Å²) in [6.45, 7) is 1.63. The van der Waals surface area contributed by atoms with Gasteiger partial charge < -0.3 is 9.88 Å². The van der Waals surface area contributed by atoms with Crippen molar-refractivity contribution in [3.05, 3.63) is 65.6 Å². The van der Waals surface area contributed by atoms with Gasteiger partial charge in [-0.15, -0.1) is 0 Å². The van der Waals surface area contributed by atoms with Crippen LogP contribution < -0.4 is 4.90 Å². The number of nitrogens with one attached hydrogen (secondary N) is 1. The number of ketones is 1. The van der Waals surface area contributed by atoms with Gasteiger partial charge in [-0.3, -0.25) is 4.79 Å². The SMILES string of the molecule is O=C(c1ccc2c3c(cccc13)CC2)C1CCCN(c2ncnc3[nH]ccc23)C1. The number of aryl methyl sites for hydroxylation is 2. The molecule has 6 rings (SSSR count). The lowest BCUT2D eigenvalue weighted by molar-refractivity contribution is 0.0909. The van der Waals surface area contributed by atoms with Gasteiger partial charge >= 0.3 is 0 Å². The summed E-state index contributed by atoms with van der Waals surface area (Å²) in [5, 5.41) is 3.47. The van der Waals surface area contributed by atoms with Crippen LogP contribution in [0, 0.1) is 5.92 Å². The fourth-order valence-corrected chi connectivity index (χ4v) is 5.18. The van der Waals surface area contributed by atoms with E-state index in [9.17, 15) is 4.79 Å². The van der Waals surface area contributed by atoms with E-state index < -0.39 is 0 Å². The molecule has 5 heteroatoms. The van der Waals surface area contributed by atoms with Crippen molar-refractivity contribution in [1.82, 2.24) is 15.0 Å². The predicted molar refractivity (Wildman–Crippen MR) is 115 cm³/mol. The number of aromatic nitrogens is 3. The summed E-state index contributed by atoms with van der Waals surface area (Å²) in [6, 6.07) is 12.7. The molecular formula is C24H22N4O. The van der Waals surface area contributed by atoms with E-state index in [1.807, 2.05) is 12.3 Å². The summed E-state index contributed by atoms with van der Waals surface area (Å²) in [5.74, 6) is 1.19. The first-order valence-electron chi connectivity index (χ1n) is 10.4. The van der Waals surface area contributed by atoms with E-state index in [1.54, 1.807) is 6.33 Å². The van der Waals surface area contributed by atoms with Crippen molar-refractivity contribution in [3.8, 4) is 0 Å². The van der Waals surface area contributed by atoms with Crippen molar-refractivity contribution in [2.75, 3.05) is 18.0 Å². The molecule has 5 nitrogen and oxygen atoms in total. The number of anilines is 1. The molecule has 1 N–H and O–H groups in total. The van der Waals surface area contributed by atoms with E-state index in [4.69, 9.17) is 0 Å². The van der Waals surface area contributed by atoms with Crippen LogP contribution in [-0.4, -0.2) is 33.8 Å². The van der Waals surface area contributed by atoms with Gasteiger partial charge in [-0.1, -0.05) is 30.3 Å². The zero-order valence-electron chi connectivity index (χ0n) is 16.2. The number of carbonyl (C=O) groups excluding carboxylic acids is 1. The third kappa shape index (κ3) is 2.57. The Morgan fingerprint density at radius 1 is 1.03 bits per heavy atom. The second kappa shape index (κ2) is 6.41. The zero-order valence-corrected chi connectivity index (χ0v) is 16.2. The van der Waals surface area contributed by atoms with Gasteiger partial charge in [0.2, 0.25) is 0 Å². The van der Waals surface area contributed by atoms with Crippen molar-refractivity contribution in [3.63, 3.8) is 0 Å². The average Bonchev–Trinajstić information content (AvgIpc) is 3.42. The van der Waals surface area contributed by atoms with Gasteiger partial charge in [0.05, 0.1) is 5.39 Å². The van der Waals surface area contributed by atoms with Crippen molar-refractivity contribution < 1.29 is 4.79 Å². The number of nitrogens with zero attached hydrogens (tertiary/aromatic N) is 3. The molecule has 1 aliphatic carbocycles. The number of H-pyrrole nitrogens is 1. The number of piperidine rings is 1.